The number of nitrogens with one attached hydrogen (secondary N) is 1. The Morgan fingerprint density at radius 1 is 1.45 bits per heavy atom. The lowest BCUT2D eigenvalue weighted by molar-refractivity contribution is 0.143. The monoisotopic (exact) mass is 160 g/mol. The van der Waals surface area contributed by atoms with Crippen LogP contribution < -0.4 is 0 Å². The topological polar surface area (TPSA) is 56.4 Å². The van der Waals surface area contributed by atoms with Crippen molar-refractivity contribution in [3.05, 3.63) is 0 Å². The Balaban J connectivity index is 0. The molecule has 0 radical (unpaired) electrons. The maximum absolute atomic E-state index is 8.77. The zero-order valence-corrected chi connectivity index (χ0v) is 8.02. The molecule has 1 atom stereocenters. The summed E-state index contributed by atoms with van der Waals surface area (Å²) in [4.78, 5) is 0. The summed E-state index contributed by atoms with van der Waals surface area (Å²) in [5.74, 6) is 0. The Labute approximate surface area is 69.3 Å². The summed E-state index contributed by atoms with van der Waals surface area (Å²) in [5, 5.41) is 12.0. The highest BCUT2D eigenvalue weighted by Crippen LogP contribution is 2.19. The summed E-state index contributed by atoms with van der Waals surface area (Å²) in [6.07, 6.45) is 0.867. The zero-order valence-electron chi connectivity index (χ0n) is 8.02. The first-order valence-electron chi connectivity index (χ1n) is 4.12. The van der Waals surface area contributed by atoms with E-state index < -0.39 is 0 Å². The molecule has 1 unspecified atom stereocenters. The van der Waals surface area contributed by atoms with Crippen molar-refractivity contribution in [2.45, 2.75) is 34.1 Å². The summed E-state index contributed by atoms with van der Waals surface area (Å²) in [6, 6.07) is 0. The number of hydrogen-bond acceptors (Lipinski definition) is 3. The highest BCUT2D eigenvalue weighted by molar-refractivity contribution is 4.72. The smallest absolute Gasteiger partial charge is 0.0671 e. The molecule has 0 aromatic carbocycles. The Hall–Kier alpha value is -0.440. The third-order valence-electron chi connectivity index (χ3n) is 1.70. The van der Waals surface area contributed by atoms with Crippen LogP contribution in [0.2, 0.25) is 0 Å². The Morgan fingerprint density at radius 2 is 1.91 bits per heavy atom. The first-order valence-corrected chi connectivity index (χ1v) is 4.12. The Bertz CT molecular complexity index is 90.1. The number of nitrogens with zero attached hydrogens (tertiary/aromatic N) is 1. The van der Waals surface area contributed by atoms with E-state index in [1.807, 2.05) is 27.7 Å². The summed E-state index contributed by atoms with van der Waals surface area (Å²) in [6.45, 7) is 8.46. The second-order valence-corrected chi connectivity index (χ2v) is 2.64. The second kappa shape index (κ2) is 7.66. The fraction of sp³-hybridized carbons (Fsp3) is 1.00. The van der Waals surface area contributed by atoms with E-state index in [4.69, 9.17) is 10.6 Å². The number of aliphatic hydroxyl groups is 1. The average molecular weight is 160 g/mol. The van der Waals surface area contributed by atoms with Crippen molar-refractivity contribution in [2.24, 2.45) is 10.5 Å². The van der Waals surface area contributed by atoms with Gasteiger partial charge in [-0.05, 0) is 6.42 Å². The predicted molar refractivity (Wildman–Crippen MR) is 46.8 cm³/mol. The third-order valence-corrected chi connectivity index (χ3v) is 1.70. The third kappa shape index (κ3) is 5.98. The quantitative estimate of drug-likeness (QED) is 0.610. The van der Waals surface area contributed by atoms with Gasteiger partial charge in [0, 0.05) is 5.41 Å². The van der Waals surface area contributed by atoms with Crippen molar-refractivity contribution in [1.29, 1.82) is 5.53 Å². The summed E-state index contributed by atoms with van der Waals surface area (Å²) in [5.41, 5.74) is 6.41. The van der Waals surface area contributed by atoms with E-state index in [9.17, 15) is 0 Å². The van der Waals surface area contributed by atoms with Gasteiger partial charge in [-0.25, -0.2) is 5.53 Å². The van der Waals surface area contributed by atoms with E-state index in [1.165, 1.54) is 0 Å². The summed E-state index contributed by atoms with van der Waals surface area (Å²) in [7, 11) is 0. The van der Waals surface area contributed by atoms with Crippen LogP contribution in [0.5, 0.6) is 0 Å². The van der Waals surface area contributed by atoms with Crippen molar-refractivity contribution < 1.29 is 5.11 Å². The molecule has 3 nitrogen and oxygen atoms in total. The van der Waals surface area contributed by atoms with Gasteiger partial charge in [0.2, 0.25) is 0 Å². The molecule has 0 fully saturated rings. The van der Waals surface area contributed by atoms with Crippen LogP contribution in [0.1, 0.15) is 34.1 Å². The van der Waals surface area contributed by atoms with Gasteiger partial charge >= 0.3 is 0 Å². The predicted octanol–water partition coefficient (Wildman–Crippen LogP) is 2.45. The van der Waals surface area contributed by atoms with Crippen LogP contribution in [0, 0.1) is 10.9 Å². The SMILES string of the molecule is CC.CCC(C)(CO)CN=N. The first-order chi connectivity index (χ1) is 5.18. The highest BCUT2D eigenvalue weighted by Gasteiger charge is 2.19. The van der Waals surface area contributed by atoms with E-state index >= 15 is 0 Å². The minimum absolute atomic E-state index is 0.117. The molecule has 0 amide bonds. The molecule has 0 spiro atoms. The lowest BCUT2D eigenvalue weighted by Crippen LogP contribution is -2.23. The molecule has 11 heavy (non-hydrogen) atoms. The van der Waals surface area contributed by atoms with Crippen LogP contribution >= 0.6 is 0 Å². The molecule has 0 aromatic rings. The lowest BCUT2D eigenvalue weighted by Gasteiger charge is -2.21. The highest BCUT2D eigenvalue weighted by atomic mass is 16.3. The number of hydrogen-bond donors (Lipinski definition) is 2. The Kier molecular flexibility index (Phi) is 9.18. The van der Waals surface area contributed by atoms with Crippen molar-refractivity contribution in [3.63, 3.8) is 0 Å². The van der Waals surface area contributed by atoms with Crippen LogP contribution in [0.15, 0.2) is 5.11 Å². The summed E-state index contributed by atoms with van der Waals surface area (Å²) < 4.78 is 0. The minimum Gasteiger partial charge on any atom is -0.396 e. The molecular weight excluding hydrogens is 140 g/mol. The van der Waals surface area contributed by atoms with Gasteiger partial charge in [-0.1, -0.05) is 27.7 Å². The molecule has 3 heteroatoms. The maximum atomic E-state index is 8.77. The lowest BCUT2D eigenvalue weighted by atomic mass is 9.89. The second-order valence-electron chi connectivity index (χ2n) is 2.64. The first kappa shape index (κ1) is 13.2. The molecule has 0 rings (SSSR count). The molecule has 0 aliphatic rings. The summed E-state index contributed by atoms with van der Waals surface area (Å²) >= 11 is 0. The fourth-order valence-corrected chi connectivity index (χ4v) is 0.464. The fourth-order valence-electron chi connectivity index (χ4n) is 0.464. The van der Waals surface area contributed by atoms with Gasteiger partial charge in [-0.15, -0.1) is 0 Å². The number of rotatable bonds is 4. The van der Waals surface area contributed by atoms with Gasteiger partial charge in [0.25, 0.3) is 0 Å². The average Bonchev–Trinajstić information content (AvgIpc) is 2.08. The van der Waals surface area contributed by atoms with E-state index in [0.717, 1.165) is 6.42 Å². The Morgan fingerprint density at radius 3 is 2.00 bits per heavy atom. The van der Waals surface area contributed by atoms with Crippen molar-refractivity contribution in [3.8, 4) is 0 Å². The molecule has 0 saturated carbocycles. The van der Waals surface area contributed by atoms with Gasteiger partial charge < -0.3 is 5.11 Å². The van der Waals surface area contributed by atoms with Gasteiger partial charge in [0.1, 0.15) is 0 Å². The van der Waals surface area contributed by atoms with E-state index in [1.54, 1.807) is 0 Å². The van der Waals surface area contributed by atoms with Crippen molar-refractivity contribution in [2.75, 3.05) is 13.2 Å². The van der Waals surface area contributed by atoms with Crippen molar-refractivity contribution in [1.82, 2.24) is 0 Å². The van der Waals surface area contributed by atoms with Crippen LogP contribution in [-0.2, 0) is 0 Å². The van der Waals surface area contributed by atoms with Crippen LogP contribution in [0.3, 0.4) is 0 Å². The minimum atomic E-state index is -0.165. The van der Waals surface area contributed by atoms with E-state index in [2.05, 4.69) is 5.11 Å². The molecular formula is C8H20N2O. The van der Waals surface area contributed by atoms with Gasteiger partial charge in [-0.3, -0.25) is 0 Å². The van der Waals surface area contributed by atoms with Gasteiger partial charge in [0.05, 0.1) is 13.2 Å². The molecule has 0 aromatic heterocycles. The molecule has 0 heterocycles. The van der Waals surface area contributed by atoms with E-state index in [0.29, 0.717) is 6.54 Å². The van der Waals surface area contributed by atoms with Crippen LogP contribution in [-0.4, -0.2) is 18.3 Å². The zero-order chi connectivity index (χ0) is 9.33. The van der Waals surface area contributed by atoms with Crippen molar-refractivity contribution >= 4 is 0 Å². The maximum Gasteiger partial charge on any atom is 0.0671 e. The standard InChI is InChI=1S/C6H14N2O.C2H6/c1-3-6(2,5-9)4-8-7;1-2/h7,9H,3-5H2,1-2H3;1-2H3. The molecule has 68 valence electrons. The van der Waals surface area contributed by atoms with Crippen LogP contribution in [0.4, 0.5) is 0 Å². The van der Waals surface area contributed by atoms with Gasteiger partial charge in [-0.2, -0.15) is 5.11 Å². The number of aliphatic hydroxyl groups excluding tert-OH is 1. The molecule has 0 aliphatic heterocycles. The molecule has 2 N–H and O–H groups in total. The van der Waals surface area contributed by atoms with Gasteiger partial charge in [0.15, 0.2) is 0 Å². The van der Waals surface area contributed by atoms with E-state index in [-0.39, 0.29) is 12.0 Å². The van der Waals surface area contributed by atoms with Crippen LogP contribution in [0.25, 0.3) is 0 Å². The molecule has 0 aliphatic carbocycles. The molecule has 0 bridgehead atoms. The normalized spacial score (nSPS) is 14.3. The molecule has 0 saturated heterocycles. The largest absolute Gasteiger partial charge is 0.396 e.